The van der Waals surface area contributed by atoms with E-state index in [2.05, 4.69) is 5.32 Å². The first kappa shape index (κ1) is 15.4. The summed E-state index contributed by atoms with van der Waals surface area (Å²) in [5.41, 5.74) is 0.625. The molecule has 0 amide bonds. The van der Waals surface area contributed by atoms with Crippen LogP contribution in [0.25, 0.3) is 0 Å². The Bertz CT molecular complexity index is 373. The Kier molecular flexibility index (Phi) is 6.61. The van der Waals surface area contributed by atoms with Crippen LogP contribution >= 0.6 is 11.6 Å². The van der Waals surface area contributed by atoms with Crippen LogP contribution < -0.4 is 5.32 Å². The van der Waals surface area contributed by atoms with Gasteiger partial charge in [-0.1, -0.05) is 30.7 Å². The van der Waals surface area contributed by atoms with Crippen LogP contribution in [0.4, 0.5) is 4.39 Å². The van der Waals surface area contributed by atoms with Gasteiger partial charge in [0.2, 0.25) is 0 Å². The maximum Gasteiger partial charge on any atom is 0.145 e. The molecule has 1 N–H and O–H groups in total. The van der Waals surface area contributed by atoms with Gasteiger partial charge >= 0.3 is 0 Å². The smallest absolute Gasteiger partial charge is 0.145 e. The van der Waals surface area contributed by atoms with Crippen LogP contribution in [0.3, 0.4) is 0 Å². The van der Waals surface area contributed by atoms with Gasteiger partial charge in [-0.05, 0) is 38.4 Å². The van der Waals surface area contributed by atoms with E-state index >= 15 is 0 Å². The number of halogens is 2. The van der Waals surface area contributed by atoms with Crippen molar-refractivity contribution in [3.05, 3.63) is 34.6 Å². The van der Waals surface area contributed by atoms with E-state index in [9.17, 15) is 4.39 Å². The molecule has 0 saturated heterocycles. The maximum absolute atomic E-state index is 13.9. The molecule has 2 unspecified atom stereocenters. The molecular formula is C14H21ClFNO. The van der Waals surface area contributed by atoms with E-state index in [1.165, 1.54) is 0 Å². The molecule has 18 heavy (non-hydrogen) atoms. The average molecular weight is 274 g/mol. The highest BCUT2D eigenvalue weighted by atomic mass is 35.5. The van der Waals surface area contributed by atoms with Crippen molar-refractivity contribution in [3.8, 4) is 0 Å². The molecule has 0 fully saturated rings. The summed E-state index contributed by atoms with van der Waals surface area (Å²) in [4.78, 5) is 0. The quantitative estimate of drug-likeness (QED) is 0.822. The monoisotopic (exact) mass is 273 g/mol. The predicted octanol–water partition coefficient (Wildman–Crippen LogP) is 3.42. The Labute approximate surface area is 113 Å². The molecule has 2 atom stereocenters. The molecule has 2 nitrogen and oxygen atoms in total. The molecule has 1 aromatic rings. The molecule has 0 radical (unpaired) electrons. The Hall–Kier alpha value is -0.640. The number of benzene rings is 1. The number of likely N-dealkylation sites (N-methyl/N-ethyl adjacent to an activating group) is 1. The van der Waals surface area contributed by atoms with Crippen LogP contribution in [-0.4, -0.2) is 25.3 Å². The normalized spacial score (nSPS) is 14.5. The van der Waals surface area contributed by atoms with Gasteiger partial charge in [-0.3, -0.25) is 0 Å². The minimum atomic E-state index is -0.328. The van der Waals surface area contributed by atoms with Crippen molar-refractivity contribution in [1.82, 2.24) is 5.32 Å². The van der Waals surface area contributed by atoms with Crippen LogP contribution in [0.2, 0.25) is 5.02 Å². The van der Waals surface area contributed by atoms with Crippen molar-refractivity contribution in [3.63, 3.8) is 0 Å². The Morgan fingerprint density at radius 3 is 2.72 bits per heavy atom. The lowest BCUT2D eigenvalue weighted by atomic mass is 10.0. The number of ether oxygens (including phenoxy) is 1. The van der Waals surface area contributed by atoms with Crippen LogP contribution in [0.1, 0.15) is 26.3 Å². The van der Waals surface area contributed by atoms with Crippen molar-refractivity contribution in [1.29, 1.82) is 0 Å². The molecular weight excluding hydrogens is 253 g/mol. The molecule has 0 bridgehead atoms. The topological polar surface area (TPSA) is 21.3 Å². The van der Waals surface area contributed by atoms with E-state index in [0.717, 1.165) is 6.54 Å². The predicted molar refractivity (Wildman–Crippen MR) is 73.7 cm³/mol. The van der Waals surface area contributed by atoms with Gasteiger partial charge in [0.1, 0.15) is 5.82 Å². The molecule has 0 heterocycles. The Morgan fingerprint density at radius 2 is 2.11 bits per heavy atom. The average Bonchev–Trinajstić information content (AvgIpc) is 2.34. The third-order valence-corrected chi connectivity index (χ3v) is 3.23. The van der Waals surface area contributed by atoms with Crippen molar-refractivity contribution >= 4 is 11.6 Å². The van der Waals surface area contributed by atoms with Gasteiger partial charge in [-0.2, -0.15) is 0 Å². The highest BCUT2D eigenvalue weighted by Crippen LogP contribution is 2.20. The van der Waals surface area contributed by atoms with E-state index < -0.39 is 0 Å². The zero-order valence-electron chi connectivity index (χ0n) is 11.2. The molecule has 102 valence electrons. The number of hydrogen-bond donors (Lipinski definition) is 1. The van der Waals surface area contributed by atoms with Gasteiger partial charge in [-0.25, -0.2) is 4.39 Å². The summed E-state index contributed by atoms with van der Waals surface area (Å²) in [7, 11) is 0. The largest absolute Gasteiger partial charge is 0.377 e. The number of nitrogens with one attached hydrogen (secondary N) is 1. The van der Waals surface area contributed by atoms with E-state index in [-0.39, 0.29) is 23.0 Å². The number of hydrogen-bond acceptors (Lipinski definition) is 2. The van der Waals surface area contributed by atoms with Gasteiger partial charge in [-0.15, -0.1) is 0 Å². The first-order valence-corrected chi connectivity index (χ1v) is 6.75. The van der Waals surface area contributed by atoms with Crippen molar-refractivity contribution < 1.29 is 9.13 Å². The molecule has 1 aromatic carbocycles. The molecule has 0 aliphatic heterocycles. The molecule has 0 aromatic heterocycles. The fourth-order valence-electron chi connectivity index (χ4n) is 1.99. The highest BCUT2D eigenvalue weighted by molar-refractivity contribution is 6.30. The van der Waals surface area contributed by atoms with Crippen LogP contribution in [0.15, 0.2) is 18.2 Å². The summed E-state index contributed by atoms with van der Waals surface area (Å²) in [5, 5.41) is 3.50. The summed E-state index contributed by atoms with van der Waals surface area (Å²) in [5.74, 6) is -0.328. The minimum Gasteiger partial charge on any atom is -0.377 e. The van der Waals surface area contributed by atoms with Crippen LogP contribution in [0, 0.1) is 5.82 Å². The van der Waals surface area contributed by atoms with Crippen LogP contribution in [0.5, 0.6) is 0 Å². The summed E-state index contributed by atoms with van der Waals surface area (Å²) in [6.07, 6.45) is 0.606. The Morgan fingerprint density at radius 1 is 1.39 bits per heavy atom. The van der Waals surface area contributed by atoms with Crippen molar-refractivity contribution in [2.45, 2.75) is 39.3 Å². The van der Waals surface area contributed by atoms with Crippen molar-refractivity contribution in [2.75, 3.05) is 13.2 Å². The Balaban J connectivity index is 2.79. The first-order chi connectivity index (χ1) is 8.60. The van der Waals surface area contributed by atoms with Gasteiger partial charge < -0.3 is 10.1 Å². The van der Waals surface area contributed by atoms with Gasteiger partial charge in [0.15, 0.2) is 0 Å². The van der Waals surface area contributed by atoms with Gasteiger partial charge in [0, 0.05) is 12.6 Å². The number of rotatable bonds is 7. The molecule has 0 spiro atoms. The zero-order chi connectivity index (χ0) is 13.5. The van der Waals surface area contributed by atoms with Crippen LogP contribution in [-0.2, 0) is 11.2 Å². The molecule has 4 heteroatoms. The molecule has 0 aliphatic rings. The lowest BCUT2D eigenvalue weighted by Crippen LogP contribution is -2.41. The molecule has 0 aliphatic carbocycles. The van der Waals surface area contributed by atoms with Crippen molar-refractivity contribution in [2.24, 2.45) is 0 Å². The zero-order valence-corrected chi connectivity index (χ0v) is 11.9. The lowest BCUT2D eigenvalue weighted by molar-refractivity contribution is 0.0478. The SMILES string of the molecule is CCNC(Cc1cccc(Cl)c1F)C(C)OCC. The van der Waals surface area contributed by atoms with E-state index in [1.54, 1.807) is 18.2 Å². The highest BCUT2D eigenvalue weighted by Gasteiger charge is 2.19. The fraction of sp³-hybridized carbons (Fsp3) is 0.571. The second-order valence-corrected chi connectivity index (χ2v) is 4.65. The first-order valence-electron chi connectivity index (χ1n) is 6.38. The van der Waals surface area contributed by atoms with E-state index in [0.29, 0.717) is 18.6 Å². The maximum atomic E-state index is 13.9. The van der Waals surface area contributed by atoms with Gasteiger partial charge in [0.25, 0.3) is 0 Å². The standard InChI is InChI=1S/C14H21ClFNO/c1-4-17-13(10(3)18-5-2)9-11-7-6-8-12(15)14(11)16/h6-8,10,13,17H,4-5,9H2,1-3H3. The second-order valence-electron chi connectivity index (χ2n) is 4.24. The fourth-order valence-corrected chi connectivity index (χ4v) is 2.18. The van der Waals surface area contributed by atoms with Gasteiger partial charge in [0.05, 0.1) is 11.1 Å². The summed E-state index contributed by atoms with van der Waals surface area (Å²) < 4.78 is 19.4. The summed E-state index contributed by atoms with van der Waals surface area (Å²) in [6.45, 7) is 7.46. The second kappa shape index (κ2) is 7.72. The molecule has 1 rings (SSSR count). The summed E-state index contributed by atoms with van der Waals surface area (Å²) >= 11 is 5.79. The third-order valence-electron chi connectivity index (χ3n) is 2.93. The lowest BCUT2D eigenvalue weighted by Gasteiger charge is -2.25. The van der Waals surface area contributed by atoms with E-state index in [4.69, 9.17) is 16.3 Å². The molecule has 0 saturated carbocycles. The minimum absolute atomic E-state index is 0.0355. The summed E-state index contributed by atoms with van der Waals surface area (Å²) in [6, 6.07) is 5.19. The third kappa shape index (κ3) is 4.23. The van der Waals surface area contributed by atoms with E-state index in [1.807, 2.05) is 20.8 Å².